The minimum absolute atomic E-state index is 0.170. The number of rotatable bonds is 10. The molecule has 1 saturated heterocycles. The maximum atomic E-state index is 12.6. The summed E-state index contributed by atoms with van der Waals surface area (Å²) in [7, 11) is 1.33. The zero-order valence-corrected chi connectivity index (χ0v) is 21.3. The molecule has 35 heavy (non-hydrogen) atoms. The summed E-state index contributed by atoms with van der Waals surface area (Å²) >= 11 is 1.23. The molecule has 0 aliphatic carbocycles. The number of benzene rings is 1. The van der Waals surface area contributed by atoms with E-state index in [1.807, 2.05) is 30.3 Å². The predicted molar refractivity (Wildman–Crippen MR) is 138 cm³/mol. The fourth-order valence-electron chi connectivity index (χ4n) is 4.53. The number of fused-ring (bicyclic) bond motifs is 1. The number of likely N-dealkylation sites (N-methyl/N-ethyl adjacent to an activating group) is 1. The van der Waals surface area contributed by atoms with Gasteiger partial charge >= 0.3 is 5.97 Å². The van der Waals surface area contributed by atoms with Crippen LogP contribution in [0.2, 0.25) is 0 Å². The minimum Gasteiger partial charge on any atom is -0.484 e. The van der Waals surface area contributed by atoms with Crippen molar-refractivity contribution < 1.29 is 19.1 Å². The summed E-state index contributed by atoms with van der Waals surface area (Å²) in [4.78, 5) is 35.8. The molecule has 1 fully saturated rings. The number of methoxy groups -OCH3 is 1. The molecule has 9 heteroatoms. The summed E-state index contributed by atoms with van der Waals surface area (Å²) in [6.45, 7) is 9.21. The van der Waals surface area contributed by atoms with Gasteiger partial charge in [-0.05, 0) is 43.8 Å². The van der Waals surface area contributed by atoms with Crippen molar-refractivity contribution in [3.63, 3.8) is 0 Å². The Morgan fingerprint density at radius 1 is 1.17 bits per heavy atom. The Hall–Kier alpha value is -3.01. The maximum Gasteiger partial charge on any atom is 0.350 e. The van der Waals surface area contributed by atoms with Gasteiger partial charge in [-0.15, -0.1) is 11.3 Å². The molecule has 3 heterocycles. The van der Waals surface area contributed by atoms with Gasteiger partial charge in [-0.1, -0.05) is 32.0 Å². The van der Waals surface area contributed by atoms with E-state index in [2.05, 4.69) is 29.0 Å². The molecule has 4 rings (SSSR count). The summed E-state index contributed by atoms with van der Waals surface area (Å²) < 4.78 is 10.5. The first-order valence-corrected chi connectivity index (χ1v) is 12.8. The average molecular weight is 497 g/mol. The molecular weight excluding hydrogens is 464 g/mol. The Kier molecular flexibility index (Phi) is 8.33. The van der Waals surface area contributed by atoms with E-state index in [-0.39, 0.29) is 12.5 Å². The zero-order valence-electron chi connectivity index (χ0n) is 20.5. The lowest BCUT2D eigenvalue weighted by molar-refractivity contribution is -0.118. The van der Waals surface area contributed by atoms with Crippen molar-refractivity contribution in [1.82, 2.24) is 14.8 Å². The number of amides is 1. The minimum atomic E-state index is -0.504. The van der Waals surface area contributed by atoms with Gasteiger partial charge in [0, 0.05) is 31.1 Å². The first-order chi connectivity index (χ1) is 17.0. The molecule has 1 aromatic carbocycles. The van der Waals surface area contributed by atoms with E-state index in [0.717, 1.165) is 50.2 Å². The van der Waals surface area contributed by atoms with Crippen LogP contribution in [-0.2, 0) is 16.1 Å². The molecule has 1 aliphatic rings. The number of para-hydroxylation sites is 1. The highest BCUT2D eigenvalue weighted by molar-refractivity contribution is 7.21. The SMILES string of the molecule is CCN(CC)C1CCN(Cc2ccc3c(NC(=O)COc4ccccc4)c(C(=O)OC)sc3n2)C1. The van der Waals surface area contributed by atoms with Gasteiger partial charge in [0.15, 0.2) is 6.61 Å². The van der Waals surface area contributed by atoms with Crippen LogP contribution in [0.4, 0.5) is 5.69 Å². The first-order valence-electron chi connectivity index (χ1n) is 12.0. The summed E-state index contributed by atoms with van der Waals surface area (Å²) in [6.07, 6.45) is 1.16. The first kappa shape index (κ1) is 25.1. The van der Waals surface area contributed by atoms with Gasteiger partial charge in [0.2, 0.25) is 0 Å². The van der Waals surface area contributed by atoms with Gasteiger partial charge in [-0.3, -0.25) is 14.6 Å². The number of carbonyl (C=O) groups excluding carboxylic acids is 2. The van der Waals surface area contributed by atoms with Crippen molar-refractivity contribution in [2.45, 2.75) is 32.9 Å². The number of hydrogen-bond acceptors (Lipinski definition) is 8. The van der Waals surface area contributed by atoms with Crippen LogP contribution < -0.4 is 10.1 Å². The highest BCUT2D eigenvalue weighted by Gasteiger charge is 2.27. The van der Waals surface area contributed by atoms with E-state index in [1.54, 1.807) is 12.1 Å². The lowest BCUT2D eigenvalue weighted by atomic mass is 10.2. The molecule has 0 spiro atoms. The number of ether oxygens (including phenoxy) is 2. The van der Waals surface area contributed by atoms with Crippen LogP contribution in [-0.4, -0.2) is 72.6 Å². The van der Waals surface area contributed by atoms with Crippen LogP contribution in [0.1, 0.15) is 35.6 Å². The van der Waals surface area contributed by atoms with E-state index < -0.39 is 5.97 Å². The van der Waals surface area contributed by atoms with Gasteiger partial charge in [0.25, 0.3) is 5.91 Å². The van der Waals surface area contributed by atoms with Crippen molar-refractivity contribution in [3.05, 3.63) is 53.0 Å². The fraction of sp³-hybridized carbons (Fsp3) is 0.423. The molecule has 8 nitrogen and oxygen atoms in total. The van der Waals surface area contributed by atoms with Crippen LogP contribution >= 0.6 is 11.3 Å². The third-order valence-electron chi connectivity index (χ3n) is 6.32. The van der Waals surface area contributed by atoms with Crippen molar-refractivity contribution in [1.29, 1.82) is 0 Å². The van der Waals surface area contributed by atoms with Gasteiger partial charge in [-0.2, -0.15) is 0 Å². The summed E-state index contributed by atoms with van der Waals surface area (Å²) in [5.41, 5.74) is 1.36. The topological polar surface area (TPSA) is 84.0 Å². The Labute approximate surface area is 209 Å². The number of nitrogens with one attached hydrogen (secondary N) is 1. The molecule has 1 N–H and O–H groups in total. The van der Waals surface area contributed by atoms with Crippen LogP contribution in [0.15, 0.2) is 42.5 Å². The van der Waals surface area contributed by atoms with Crippen molar-refractivity contribution in [2.24, 2.45) is 0 Å². The molecule has 0 bridgehead atoms. The molecule has 2 aromatic heterocycles. The van der Waals surface area contributed by atoms with Crippen molar-refractivity contribution in [2.75, 3.05) is 45.2 Å². The zero-order chi connectivity index (χ0) is 24.8. The molecular formula is C26H32N4O4S. The number of esters is 1. The summed E-state index contributed by atoms with van der Waals surface area (Å²) in [6, 6.07) is 13.6. The number of likely N-dealkylation sites (tertiary alicyclic amines) is 1. The Morgan fingerprint density at radius 3 is 2.66 bits per heavy atom. The van der Waals surface area contributed by atoms with Gasteiger partial charge in [0.1, 0.15) is 15.5 Å². The molecule has 1 amide bonds. The smallest absolute Gasteiger partial charge is 0.350 e. The molecule has 3 aromatic rings. The monoisotopic (exact) mass is 496 g/mol. The summed E-state index contributed by atoms with van der Waals surface area (Å²) in [5, 5.41) is 3.55. The van der Waals surface area contributed by atoms with Crippen LogP contribution in [0.3, 0.4) is 0 Å². The second-order valence-corrected chi connectivity index (χ2v) is 9.50. The van der Waals surface area contributed by atoms with E-state index >= 15 is 0 Å². The van der Waals surface area contributed by atoms with Crippen LogP contribution in [0.25, 0.3) is 10.2 Å². The fourth-order valence-corrected chi connectivity index (χ4v) is 5.60. The van der Waals surface area contributed by atoms with Crippen LogP contribution in [0, 0.1) is 0 Å². The predicted octanol–water partition coefficient (Wildman–Crippen LogP) is 4.02. The lowest BCUT2D eigenvalue weighted by Gasteiger charge is -2.26. The van der Waals surface area contributed by atoms with E-state index in [0.29, 0.717) is 27.2 Å². The second-order valence-electron chi connectivity index (χ2n) is 8.50. The van der Waals surface area contributed by atoms with Crippen LogP contribution in [0.5, 0.6) is 5.75 Å². The number of aromatic nitrogens is 1. The molecule has 1 aliphatic heterocycles. The molecule has 1 atom stereocenters. The average Bonchev–Trinajstić information content (AvgIpc) is 3.48. The maximum absolute atomic E-state index is 12.6. The highest BCUT2D eigenvalue weighted by Crippen LogP contribution is 2.36. The quantitative estimate of drug-likeness (QED) is 0.425. The molecule has 0 saturated carbocycles. The highest BCUT2D eigenvalue weighted by atomic mass is 32.1. The standard InChI is InChI=1S/C26H32N4O4S/c1-4-30(5-2)19-13-14-29(16-19)15-18-11-12-21-23(24(26(32)33-3)35-25(21)27-18)28-22(31)17-34-20-9-7-6-8-10-20/h6-12,19H,4-5,13-17H2,1-3H3,(H,28,31). The molecule has 1 unspecified atom stereocenters. The number of carbonyl (C=O) groups is 2. The molecule has 0 radical (unpaired) electrons. The number of hydrogen-bond donors (Lipinski definition) is 1. The van der Waals surface area contributed by atoms with E-state index in [9.17, 15) is 9.59 Å². The van der Waals surface area contributed by atoms with Gasteiger partial charge < -0.3 is 14.8 Å². The number of anilines is 1. The van der Waals surface area contributed by atoms with E-state index in [4.69, 9.17) is 14.5 Å². The number of pyridine rings is 1. The molecule has 186 valence electrons. The van der Waals surface area contributed by atoms with Crippen molar-refractivity contribution >= 4 is 39.1 Å². The normalized spacial score (nSPS) is 16.1. The number of thiophene rings is 1. The Bertz CT molecular complexity index is 1160. The number of nitrogens with zero attached hydrogens (tertiary/aromatic N) is 3. The summed E-state index contributed by atoms with van der Waals surface area (Å²) in [5.74, 6) is -0.264. The Balaban J connectivity index is 1.49. The third kappa shape index (κ3) is 5.98. The van der Waals surface area contributed by atoms with Crippen molar-refractivity contribution in [3.8, 4) is 5.75 Å². The Morgan fingerprint density at radius 2 is 1.94 bits per heavy atom. The van der Waals surface area contributed by atoms with Gasteiger partial charge in [-0.25, -0.2) is 9.78 Å². The lowest BCUT2D eigenvalue weighted by Crippen LogP contribution is -2.37. The second kappa shape index (κ2) is 11.6. The third-order valence-corrected chi connectivity index (χ3v) is 7.40. The largest absolute Gasteiger partial charge is 0.484 e. The van der Waals surface area contributed by atoms with Gasteiger partial charge in [0.05, 0.1) is 18.5 Å². The van der Waals surface area contributed by atoms with E-state index in [1.165, 1.54) is 18.4 Å².